The van der Waals surface area contributed by atoms with E-state index in [0.29, 0.717) is 37.4 Å². The zero-order valence-corrected chi connectivity index (χ0v) is 14.4. The summed E-state index contributed by atoms with van der Waals surface area (Å²) in [6.45, 7) is 4.24. The molecule has 1 fully saturated rings. The van der Waals surface area contributed by atoms with Crippen LogP contribution in [0.4, 0.5) is 18.9 Å². The predicted molar refractivity (Wildman–Crippen MR) is 93.3 cm³/mol. The van der Waals surface area contributed by atoms with Crippen molar-refractivity contribution in [1.29, 1.82) is 0 Å². The fourth-order valence-corrected chi connectivity index (χ4v) is 3.16. The normalized spacial score (nSPS) is 17.2. The van der Waals surface area contributed by atoms with Crippen molar-refractivity contribution in [3.63, 3.8) is 0 Å². The molecule has 2 aromatic rings. The van der Waals surface area contributed by atoms with Gasteiger partial charge in [0.1, 0.15) is 0 Å². The first-order valence-corrected chi connectivity index (χ1v) is 8.47. The van der Waals surface area contributed by atoms with Crippen LogP contribution in [0.25, 0.3) is 0 Å². The molecule has 0 saturated carbocycles. The first-order chi connectivity index (χ1) is 12.4. The minimum Gasteiger partial charge on any atom is -0.369 e. The fraction of sp³-hybridized carbons (Fsp3) is 0.368. The Kier molecular flexibility index (Phi) is 5.27. The number of piperazine rings is 1. The largest absolute Gasteiger partial charge is 0.416 e. The van der Waals surface area contributed by atoms with Crippen LogP contribution in [0.1, 0.15) is 22.8 Å². The molecular formula is C19H20F3N3O. The van der Waals surface area contributed by atoms with Gasteiger partial charge in [0.25, 0.3) is 0 Å². The second kappa shape index (κ2) is 7.45. The maximum absolute atomic E-state index is 12.9. The molecule has 0 spiro atoms. The smallest absolute Gasteiger partial charge is 0.369 e. The van der Waals surface area contributed by atoms with Gasteiger partial charge < -0.3 is 4.90 Å². The average Bonchev–Trinajstić information content (AvgIpc) is 2.67. The lowest BCUT2D eigenvalue weighted by Crippen LogP contribution is -2.51. The molecule has 2 heterocycles. The third-order valence-corrected chi connectivity index (χ3v) is 4.73. The summed E-state index contributed by atoms with van der Waals surface area (Å²) in [7, 11) is 0. The van der Waals surface area contributed by atoms with Crippen LogP contribution in [0.2, 0.25) is 0 Å². The minimum atomic E-state index is -4.34. The van der Waals surface area contributed by atoms with E-state index in [1.54, 1.807) is 30.6 Å². The van der Waals surface area contributed by atoms with Gasteiger partial charge in [-0.05, 0) is 37.3 Å². The average molecular weight is 363 g/mol. The Hall–Kier alpha value is -2.41. The molecule has 1 aliphatic rings. The molecular weight excluding hydrogens is 343 g/mol. The van der Waals surface area contributed by atoms with Crippen LogP contribution in [0.5, 0.6) is 0 Å². The van der Waals surface area contributed by atoms with E-state index in [0.717, 1.165) is 6.07 Å². The number of aromatic nitrogens is 1. The lowest BCUT2D eigenvalue weighted by atomic mass is 10.1. The van der Waals surface area contributed by atoms with Gasteiger partial charge in [-0.25, -0.2) is 0 Å². The number of ketones is 1. The van der Waals surface area contributed by atoms with E-state index in [1.165, 1.54) is 12.1 Å². The monoisotopic (exact) mass is 363 g/mol. The van der Waals surface area contributed by atoms with Crippen LogP contribution in [0.15, 0.2) is 48.8 Å². The van der Waals surface area contributed by atoms with Gasteiger partial charge >= 0.3 is 6.18 Å². The summed E-state index contributed by atoms with van der Waals surface area (Å²) in [5, 5.41) is 0. The Morgan fingerprint density at radius 3 is 2.46 bits per heavy atom. The quantitative estimate of drug-likeness (QED) is 0.779. The highest BCUT2D eigenvalue weighted by atomic mass is 19.4. The van der Waals surface area contributed by atoms with E-state index >= 15 is 0 Å². The van der Waals surface area contributed by atoms with E-state index < -0.39 is 11.7 Å². The van der Waals surface area contributed by atoms with Crippen molar-refractivity contribution in [2.75, 3.05) is 31.1 Å². The molecule has 1 aliphatic heterocycles. The van der Waals surface area contributed by atoms with Crippen LogP contribution >= 0.6 is 0 Å². The molecule has 138 valence electrons. The van der Waals surface area contributed by atoms with Crippen molar-refractivity contribution in [3.8, 4) is 0 Å². The highest BCUT2D eigenvalue weighted by molar-refractivity contribution is 5.99. The van der Waals surface area contributed by atoms with Crippen molar-refractivity contribution in [2.24, 2.45) is 0 Å². The molecule has 7 heteroatoms. The number of carbonyl (C=O) groups excluding carboxylic acids is 1. The summed E-state index contributed by atoms with van der Waals surface area (Å²) in [5.74, 6) is 0.00520. The molecule has 1 saturated heterocycles. The molecule has 0 bridgehead atoms. The minimum absolute atomic E-state index is 0.00520. The molecule has 1 atom stereocenters. The van der Waals surface area contributed by atoms with E-state index in [2.05, 4.69) is 9.88 Å². The first-order valence-electron chi connectivity index (χ1n) is 8.47. The van der Waals surface area contributed by atoms with E-state index in [9.17, 15) is 18.0 Å². The Bertz CT molecular complexity index is 756. The van der Waals surface area contributed by atoms with Crippen LogP contribution in [-0.4, -0.2) is 47.9 Å². The number of rotatable bonds is 4. The number of pyridine rings is 1. The van der Waals surface area contributed by atoms with Gasteiger partial charge in [0.05, 0.1) is 11.6 Å². The predicted octanol–water partition coefficient (Wildman–Crippen LogP) is 3.49. The highest BCUT2D eigenvalue weighted by Crippen LogP contribution is 2.32. The molecule has 1 aromatic carbocycles. The maximum atomic E-state index is 12.9. The number of halogens is 3. The molecule has 26 heavy (non-hydrogen) atoms. The van der Waals surface area contributed by atoms with Crippen LogP contribution in [0, 0.1) is 0 Å². The summed E-state index contributed by atoms with van der Waals surface area (Å²) < 4.78 is 38.7. The summed E-state index contributed by atoms with van der Waals surface area (Å²) in [6, 6.07) is 8.56. The van der Waals surface area contributed by atoms with Crippen LogP contribution in [0.3, 0.4) is 0 Å². The molecule has 4 nitrogen and oxygen atoms in total. The Morgan fingerprint density at radius 1 is 1.12 bits per heavy atom. The topological polar surface area (TPSA) is 36.4 Å². The number of nitrogens with zero attached hydrogens (tertiary/aromatic N) is 3. The van der Waals surface area contributed by atoms with Crippen molar-refractivity contribution in [3.05, 3.63) is 59.9 Å². The van der Waals surface area contributed by atoms with Crippen molar-refractivity contribution >= 4 is 11.5 Å². The number of carbonyl (C=O) groups is 1. The fourth-order valence-electron chi connectivity index (χ4n) is 3.16. The van der Waals surface area contributed by atoms with Gasteiger partial charge in [0, 0.05) is 49.8 Å². The SMILES string of the molecule is CC(C(=O)c1cccnc1)N1CCN(c2cccc(C(F)(F)F)c2)CC1. The first kappa shape index (κ1) is 18.4. The number of hydrogen-bond acceptors (Lipinski definition) is 4. The third-order valence-electron chi connectivity index (χ3n) is 4.73. The van der Waals surface area contributed by atoms with Crippen molar-refractivity contribution < 1.29 is 18.0 Å². The van der Waals surface area contributed by atoms with Crippen molar-refractivity contribution in [2.45, 2.75) is 19.1 Å². The summed E-state index contributed by atoms with van der Waals surface area (Å²) in [4.78, 5) is 20.5. The molecule has 1 unspecified atom stereocenters. The Morgan fingerprint density at radius 2 is 1.85 bits per heavy atom. The van der Waals surface area contributed by atoms with Crippen molar-refractivity contribution in [1.82, 2.24) is 9.88 Å². The van der Waals surface area contributed by atoms with Crippen LogP contribution < -0.4 is 4.90 Å². The van der Waals surface area contributed by atoms with E-state index in [4.69, 9.17) is 0 Å². The second-order valence-electron chi connectivity index (χ2n) is 6.35. The molecule has 0 N–H and O–H groups in total. The van der Waals surface area contributed by atoms with Crippen LogP contribution in [-0.2, 0) is 6.18 Å². The molecule has 3 rings (SSSR count). The van der Waals surface area contributed by atoms with Gasteiger partial charge in [-0.15, -0.1) is 0 Å². The number of alkyl halides is 3. The van der Waals surface area contributed by atoms with Gasteiger partial charge in [0.15, 0.2) is 5.78 Å². The highest BCUT2D eigenvalue weighted by Gasteiger charge is 2.31. The van der Waals surface area contributed by atoms with Gasteiger partial charge in [-0.2, -0.15) is 13.2 Å². The number of benzene rings is 1. The molecule has 1 aromatic heterocycles. The van der Waals surface area contributed by atoms with E-state index in [1.807, 2.05) is 11.8 Å². The standard InChI is InChI=1S/C19H20F3N3O/c1-14(18(26)15-4-3-7-23-13-15)24-8-10-25(11-9-24)17-6-2-5-16(12-17)19(20,21)22/h2-7,12-14H,8-11H2,1H3. The van der Waals surface area contributed by atoms with Gasteiger partial charge in [-0.1, -0.05) is 6.07 Å². The summed E-state index contributed by atoms with van der Waals surface area (Å²) in [5.41, 5.74) is 0.489. The zero-order chi connectivity index (χ0) is 18.7. The third kappa shape index (κ3) is 4.04. The number of hydrogen-bond donors (Lipinski definition) is 0. The molecule has 0 aliphatic carbocycles. The number of Topliss-reactive ketones (excluding diaryl/α,β-unsaturated/α-hetero) is 1. The van der Waals surface area contributed by atoms with Gasteiger partial charge in [0.2, 0.25) is 0 Å². The Balaban J connectivity index is 1.63. The molecule has 0 radical (unpaired) electrons. The summed E-state index contributed by atoms with van der Waals surface area (Å²) >= 11 is 0. The lowest BCUT2D eigenvalue weighted by Gasteiger charge is -2.38. The molecule has 0 amide bonds. The Labute approximate surface area is 150 Å². The van der Waals surface area contributed by atoms with Gasteiger partial charge in [-0.3, -0.25) is 14.7 Å². The zero-order valence-electron chi connectivity index (χ0n) is 14.4. The van der Waals surface area contributed by atoms with E-state index in [-0.39, 0.29) is 11.8 Å². The maximum Gasteiger partial charge on any atom is 0.416 e. The summed E-state index contributed by atoms with van der Waals surface area (Å²) in [6.07, 6.45) is -1.17. The number of anilines is 1. The lowest BCUT2D eigenvalue weighted by molar-refractivity contribution is -0.137. The second-order valence-corrected chi connectivity index (χ2v) is 6.35.